The Labute approximate surface area is 131 Å². The minimum absolute atomic E-state index is 0.0810. The van der Waals surface area contributed by atoms with Gasteiger partial charge < -0.3 is 5.32 Å². The third-order valence-corrected chi connectivity index (χ3v) is 4.17. The van der Waals surface area contributed by atoms with Crippen molar-refractivity contribution in [1.29, 1.82) is 0 Å². The predicted octanol–water partition coefficient (Wildman–Crippen LogP) is 5.81. The van der Waals surface area contributed by atoms with Crippen LogP contribution in [0.1, 0.15) is 5.56 Å². The average Bonchev–Trinajstić information content (AvgIpc) is 2.39. The molecule has 1 nitrogen and oxygen atoms in total. The highest BCUT2D eigenvalue weighted by atomic mass is 79.9. The van der Waals surface area contributed by atoms with Crippen LogP contribution in [0, 0.1) is 5.82 Å². The molecule has 0 bridgehead atoms. The minimum atomic E-state index is -4.35. The van der Waals surface area contributed by atoms with Crippen LogP contribution in [0.4, 0.5) is 23.2 Å². The predicted molar refractivity (Wildman–Crippen MR) is 79.8 cm³/mol. The maximum atomic E-state index is 13.2. The Bertz CT molecular complexity index is 631. The summed E-state index contributed by atoms with van der Waals surface area (Å²) >= 11 is 3.10. The lowest BCUT2D eigenvalue weighted by atomic mass is 10.2. The van der Waals surface area contributed by atoms with Crippen LogP contribution in [0.15, 0.2) is 51.8 Å². The maximum Gasteiger partial charge on any atom is 0.446 e. The summed E-state index contributed by atoms with van der Waals surface area (Å²) in [5.74, 6) is -0.395. The summed E-state index contributed by atoms with van der Waals surface area (Å²) in [5, 5.41) is 2.90. The number of para-hydroxylation sites is 1. The highest BCUT2D eigenvalue weighted by Crippen LogP contribution is 2.40. The normalized spacial score (nSPS) is 11.5. The van der Waals surface area contributed by atoms with Gasteiger partial charge in [-0.15, -0.1) is 0 Å². The summed E-state index contributed by atoms with van der Waals surface area (Å²) in [5.41, 5.74) is -3.37. The molecule has 0 atom stereocenters. The van der Waals surface area contributed by atoms with Gasteiger partial charge in [0.1, 0.15) is 5.82 Å². The van der Waals surface area contributed by atoms with E-state index in [1.165, 1.54) is 24.3 Å². The summed E-state index contributed by atoms with van der Waals surface area (Å²) in [6.45, 7) is 0.216. The molecule has 0 amide bonds. The van der Waals surface area contributed by atoms with Crippen LogP contribution < -0.4 is 5.32 Å². The first-order chi connectivity index (χ1) is 9.85. The number of hydrogen-bond donors (Lipinski definition) is 1. The van der Waals surface area contributed by atoms with Crippen LogP contribution in [0.25, 0.3) is 0 Å². The van der Waals surface area contributed by atoms with Crippen LogP contribution in [-0.2, 0) is 6.54 Å². The van der Waals surface area contributed by atoms with Crippen molar-refractivity contribution >= 4 is 33.4 Å². The standard InChI is InChI=1S/C14H10BrF4NS/c15-11-6-5-10(16)7-9(11)8-20-12-3-1-2-4-13(12)21-14(17,18)19/h1-7,20H,8H2. The molecule has 112 valence electrons. The number of thioether (sulfide) groups is 1. The van der Waals surface area contributed by atoms with Gasteiger partial charge in [-0.3, -0.25) is 0 Å². The Morgan fingerprint density at radius 1 is 1.10 bits per heavy atom. The lowest BCUT2D eigenvalue weighted by Gasteiger charge is -2.13. The number of halogens is 5. The van der Waals surface area contributed by atoms with Crippen molar-refractivity contribution in [2.45, 2.75) is 16.9 Å². The Hall–Kier alpha value is -1.21. The highest BCUT2D eigenvalue weighted by Gasteiger charge is 2.30. The first kappa shape index (κ1) is 16.2. The smallest absolute Gasteiger partial charge is 0.380 e. The van der Waals surface area contributed by atoms with Crippen molar-refractivity contribution in [3.63, 3.8) is 0 Å². The molecule has 0 aliphatic heterocycles. The molecule has 2 rings (SSSR count). The zero-order valence-corrected chi connectivity index (χ0v) is 12.9. The molecule has 0 fully saturated rings. The van der Waals surface area contributed by atoms with Crippen molar-refractivity contribution in [3.05, 3.63) is 58.3 Å². The Balaban J connectivity index is 2.15. The first-order valence-electron chi connectivity index (χ1n) is 5.88. The number of nitrogens with one attached hydrogen (secondary N) is 1. The Morgan fingerprint density at radius 3 is 2.52 bits per heavy atom. The molecule has 0 aliphatic carbocycles. The molecule has 7 heteroatoms. The van der Waals surface area contributed by atoms with Crippen LogP contribution in [-0.4, -0.2) is 5.51 Å². The fourth-order valence-corrected chi connectivity index (χ4v) is 2.73. The second kappa shape index (κ2) is 6.70. The van der Waals surface area contributed by atoms with Gasteiger partial charge in [0, 0.05) is 21.6 Å². The molecular weight excluding hydrogens is 370 g/mol. The van der Waals surface area contributed by atoms with Gasteiger partial charge in [-0.25, -0.2) is 4.39 Å². The van der Waals surface area contributed by atoms with Crippen molar-refractivity contribution in [2.24, 2.45) is 0 Å². The third-order valence-electron chi connectivity index (χ3n) is 2.59. The largest absolute Gasteiger partial charge is 0.446 e. The zero-order chi connectivity index (χ0) is 15.5. The molecule has 0 aromatic heterocycles. The van der Waals surface area contributed by atoms with Crippen molar-refractivity contribution in [2.75, 3.05) is 5.32 Å². The van der Waals surface area contributed by atoms with Gasteiger partial charge in [-0.1, -0.05) is 28.1 Å². The SMILES string of the molecule is Fc1ccc(Br)c(CNc2ccccc2SC(F)(F)F)c1. The minimum Gasteiger partial charge on any atom is -0.380 e. The number of hydrogen-bond acceptors (Lipinski definition) is 2. The van der Waals surface area contributed by atoms with Crippen LogP contribution in [0.3, 0.4) is 0 Å². The quantitative estimate of drug-likeness (QED) is 0.531. The molecule has 0 saturated heterocycles. The van der Waals surface area contributed by atoms with E-state index in [-0.39, 0.29) is 23.2 Å². The molecule has 0 saturated carbocycles. The third kappa shape index (κ3) is 4.93. The lowest BCUT2D eigenvalue weighted by Crippen LogP contribution is -2.04. The van der Waals surface area contributed by atoms with Gasteiger partial charge in [0.2, 0.25) is 0 Å². The van der Waals surface area contributed by atoms with Gasteiger partial charge in [0.15, 0.2) is 0 Å². The highest BCUT2D eigenvalue weighted by molar-refractivity contribution is 9.10. The van der Waals surface area contributed by atoms with Gasteiger partial charge in [0.25, 0.3) is 0 Å². The molecule has 0 unspecified atom stereocenters. The molecule has 21 heavy (non-hydrogen) atoms. The van der Waals surface area contributed by atoms with Crippen LogP contribution >= 0.6 is 27.7 Å². The number of rotatable bonds is 4. The Kier molecular flexibility index (Phi) is 5.16. The summed E-state index contributed by atoms with van der Waals surface area (Å²) in [6.07, 6.45) is 0. The van der Waals surface area contributed by atoms with E-state index in [0.29, 0.717) is 15.7 Å². The van der Waals surface area contributed by atoms with Gasteiger partial charge in [-0.2, -0.15) is 13.2 Å². The van der Waals surface area contributed by atoms with Gasteiger partial charge >= 0.3 is 5.51 Å². The van der Waals surface area contributed by atoms with E-state index >= 15 is 0 Å². The summed E-state index contributed by atoms with van der Waals surface area (Å²) in [4.78, 5) is 0.0810. The first-order valence-corrected chi connectivity index (χ1v) is 7.49. The monoisotopic (exact) mass is 379 g/mol. The maximum absolute atomic E-state index is 13.2. The van der Waals surface area contributed by atoms with E-state index in [0.717, 1.165) is 0 Å². The molecule has 0 radical (unpaired) electrons. The average molecular weight is 380 g/mol. The summed E-state index contributed by atoms with van der Waals surface area (Å²) in [7, 11) is 0. The Morgan fingerprint density at radius 2 is 1.81 bits per heavy atom. The number of benzene rings is 2. The van der Waals surface area contributed by atoms with E-state index < -0.39 is 11.3 Å². The van der Waals surface area contributed by atoms with Crippen molar-refractivity contribution in [3.8, 4) is 0 Å². The molecule has 0 aliphatic rings. The molecule has 1 N–H and O–H groups in total. The second-order valence-electron chi connectivity index (χ2n) is 4.13. The van der Waals surface area contributed by atoms with E-state index in [1.807, 2.05) is 0 Å². The van der Waals surface area contributed by atoms with Gasteiger partial charge in [-0.05, 0) is 47.7 Å². The molecule has 0 heterocycles. The summed E-state index contributed by atoms with van der Waals surface area (Å²) < 4.78 is 51.3. The van der Waals surface area contributed by atoms with Crippen LogP contribution in [0.5, 0.6) is 0 Å². The van der Waals surface area contributed by atoms with E-state index in [1.54, 1.807) is 18.2 Å². The van der Waals surface area contributed by atoms with Crippen molar-refractivity contribution < 1.29 is 17.6 Å². The van der Waals surface area contributed by atoms with E-state index in [9.17, 15) is 17.6 Å². The van der Waals surface area contributed by atoms with E-state index in [4.69, 9.17) is 0 Å². The fourth-order valence-electron chi connectivity index (χ4n) is 1.70. The molecule has 2 aromatic rings. The van der Waals surface area contributed by atoms with Gasteiger partial charge in [0.05, 0.1) is 0 Å². The fraction of sp³-hybridized carbons (Fsp3) is 0.143. The zero-order valence-electron chi connectivity index (χ0n) is 10.5. The molecular formula is C14H10BrF4NS. The number of anilines is 1. The molecule has 0 spiro atoms. The number of alkyl halides is 3. The summed E-state index contributed by atoms with van der Waals surface area (Å²) in [6, 6.07) is 10.3. The van der Waals surface area contributed by atoms with Crippen molar-refractivity contribution in [1.82, 2.24) is 0 Å². The lowest BCUT2D eigenvalue weighted by molar-refractivity contribution is -0.0327. The van der Waals surface area contributed by atoms with E-state index in [2.05, 4.69) is 21.2 Å². The second-order valence-corrected chi connectivity index (χ2v) is 6.09. The van der Waals surface area contributed by atoms with Crippen LogP contribution in [0.2, 0.25) is 0 Å². The molecule has 2 aromatic carbocycles. The topological polar surface area (TPSA) is 12.0 Å².